The predicted octanol–water partition coefficient (Wildman–Crippen LogP) is 2.10. The molecule has 1 aliphatic heterocycles. The van der Waals surface area contributed by atoms with Crippen LogP contribution in [-0.2, 0) is 9.47 Å². The van der Waals surface area contributed by atoms with Crippen LogP contribution >= 0.6 is 11.3 Å². The maximum Gasteiger partial charge on any atom is 0.345 e. The van der Waals surface area contributed by atoms with E-state index >= 15 is 0 Å². The molecule has 1 aromatic heterocycles. The van der Waals surface area contributed by atoms with Crippen molar-refractivity contribution in [2.24, 2.45) is 5.92 Å². The average molecular weight is 339 g/mol. The van der Waals surface area contributed by atoms with Gasteiger partial charge in [-0.25, -0.2) is 4.79 Å². The molecule has 0 aromatic carbocycles. The number of methoxy groups -OCH3 is 1. The summed E-state index contributed by atoms with van der Waals surface area (Å²) < 4.78 is 11.2. The van der Waals surface area contributed by atoms with Gasteiger partial charge < -0.3 is 19.5 Å². The van der Waals surface area contributed by atoms with Gasteiger partial charge in [-0.15, -0.1) is 11.3 Å². The van der Waals surface area contributed by atoms with E-state index in [9.17, 15) is 9.59 Å². The van der Waals surface area contributed by atoms with Gasteiger partial charge in [0.15, 0.2) is 0 Å². The smallest absolute Gasteiger partial charge is 0.345 e. The molecule has 1 amide bonds. The summed E-state index contributed by atoms with van der Waals surface area (Å²) in [6.07, 6.45) is 3.31. The zero-order chi connectivity index (χ0) is 16.4. The van der Waals surface area contributed by atoms with E-state index in [4.69, 9.17) is 14.6 Å². The van der Waals surface area contributed by atoms with Crippen LogP contribution in [-0.4, -0.2) is 60.9 Å². The number of morpholine rings is 1. The fourth-order valence-corrected chi connectivity index (χ4v) is 4.43. The third-order valence-electron chi connectivity index (χ3n) is 4.75. The third kappa shape index (κ3) is 3.27. The second kappa shape index (κ2) is 6.98. The van der Waals surface area contributed by atoms with Crippen LogP contribution in [0.5, 0.6) is 0 Å². The van der Waals surface area contributed by atoms with E-state index in [0.717, 1.165) is 30.6 Å². The normalized spacial score (nSPS) is 28.0. The molecule has 2 heterocycles. The molecular weight excluding hydrogens is 318 g/mol. The first-order valence-electron chi connectivity index (χ1n) is 7.86. The molecule has 0 spiro atoms. The van der Waals surface area contributed by atoms with E-state index in [1.807, 2.05) is 4.90 Å². The molecule has 1 aliphatic carbocycles. The number of hydrogen-bond acceptors (Lipinski definition) is 5. The largest absolute Gasteiger partial charge is 0.477 e. The number of carbonyl (C=O) groups excluding carboxylic acids is 1. The molecular formula is C16H21NO5S. The standard InChI is InChI=1S/C16H21NO5S/c1-21-12-4-2-3-10(12)11-9-22-8-7-17(11)15(18)13-5-6-14(23-13)16(19)20/h5-6,10-12H,2-4,7-9H2,1H3,(H,19,20)/t10-,11+,12-/m1/s1. The summed E-state index contributed by atoms with van der Waals surface area (Å²) in [6.45, 7) is 1.58. The van der Waals surface area contributed by atoms with Crippen LogP contribution in [0.4, 0.5) is 0 Å². The summed E-state index contributed by atoms with van der Waals surface area (Å²) >= 11 is 1.03. The van der Waals surface area contributed by atoms with Crippen molar-refractivity contribution < 1.29 is 24.2 Å². The SMILES string of the molecule is CO[C@@H]1CCC[C@@H]1[C@@H]1COCCN1C(=O)c1ccc(C(=O)O)s1. The zero-order valence-corrected chi connectivity index (χ0v) is 13.9. The number of carbonyl (C=O) groups is 2. The second-order valence-corrected chi connectivity index (χ2v) is 7.06. The minimum Gasteiger partial charge on any atom is -0.477 e. The van der Waals surface area contributed by atoms with Gasteiger partial charge in [0.2, 0.25) is 0 Å². The van der Waals surface area contributed by atoms with Crippen molar-refractivity contribution in [1.29, 1.82) is 0 Å². The Kier molecular flexibility index (Phi) is 4.99. The molecule has 2 fully saturated rings. The number of carboxylic acid groups (broad SMARTS) is 1. The van der Waals surface area contributed by atoms with E-state index in [-0.39, 0.29) is 28.8 Å². The lowest BCUT2D eigenvalue weighted by Crippen LogP contribution is -2.53. The molecule has 3 rings (SSSR count). The van der Waals surface area contributed by atoms with Gasteiger partial charge >= 0.3 is 5.97 Å². The Morgan fingerprint density at radius 1 is 1.35 bits per heavy atom. The fourth-order valence-electron chi connectivity index (χ4n) is 3.63. The number of amides is 1. The lowest BCUT2D eigenvalue weighted by atomic mass is 9.94. The average Bonchev–Trinajstić information content (AvgIpc) is 3.23. The number of ether oxygens (including phenoxy) is 2. The van der Waals surface area contributed by atoms with Gasteiger partial charge in [0, 0.05) is 19.6 Å². The first-order valence-corrected chi connectivity index (χ1v) is 8.68. The molecule has 0 bridgehead atoms. The quantitative estimate of drug-likeness (QED) is 0.909. The molecule has 23 heavy (non-hydrogen) atoms. The molecule has 0 radical (unpaired) electrons. The lowest BCUT2D eigenvalue weighted by molar-refractivity contribution is -0.0458. The van der Waals surface area contributed by atoms with Crippen molar-refractivity contribution in [1.82, 2.24) is 4.90 Å². The summed E-state index contributed by atoms with van der Waals surface area (Å²) in [5, 5.41) is 9.03. The Morgan fingerprint density at radius 2 is 2.13 bits per heavy atom. The number of hydrogen-bond donors (Lipinski definition) is 1. The van der Waals surface area contributed by atoms with Gasteiger partial charge in [0.25, 0.3) is 5.91 Å². The number of thiophene rings is 1. The molecule has 1 saturated heterocycles. The molecule has 126 valence electrons. The van der Waals surface area contributed by atoms with Crippen molar-refractivity contribution in [3.05, 3.63) is 21.9 Å². The molecule has 6 nitrogen and oxygen atoms in total. The van der Waals surface area contributed by atoms with Crippen LogP contribution in [0.15, 0.2) is 12.1 Å². The number of aromatic carboxylic acids is 1. The second-order valence-electron chi connectivity index (χ2n) is 5.98. The maximum absolute atomic E-state index is 12.8. The Balaban J connectivity index is 1.80. The van der Waals surface area contributed by atoms with Crippen molar-refractivity contribution >= 4 is 23.2 Å². The lowest BCUT2D eigenvalue weighted by Gasteiger charge is -2.40. The summed E-state index contributed by atoms with van der Waals surface area (Å²) in [6, 6.07) is 3.09. The maximum atomic E-state index is 12.8. The van der Waals surface area contributed by atoms with Crippen molar-refractivity contribution in [3.63, 3.8) is 0 Å². The topological polar surface area (TPSA) is 76.1 Å². The fraction of sp³-hybridized carbons (Fsp3) is 0.625. The first-order chi connectivity index (χ1) is 11.1. The molecule has 0 unspecified atom stereocenters. The summed E-state index contributed by atoms with van der Waals surface area (Å²) in [5.74, 6) is -0.816. The molecule has 7 heteroatoms. The summed E-state index contributed by atoms with van der Waals surface area (Å²) in [4.78, 5) is 26.4. The van der Waals surface area contributed by atoms with E-state index < -0.39 is 5.97 Å². The Hall–Kier alpha value is -1.44. The Bertz CT molecular complexity index is 587. The Labute approximate surface area is 139 Å². The molecule has 1 N–H and O–H groups in total. The van der Waals surface area contributed by atoms with Gasteiger partial charge in [-0.05, 0) is 25.0 Å². The van der Waals surface area contributed by atoms with E-state index in [0.29, 0.717) is 24.6 Å². The summed E-state index contributed by atoms with van der Waals surface area (Å²) in [5.41, 5.74) is 0. The monoisotopic (exact) mass is 339 g/mol. The highest BCUT2D eigenvalue weighted by molar-refractivity contribution is 7.15. The highest BCUT2D eigenvalue weighted by Crippen LogP contribution is 2.35. The molecule has 1 saturated carbocycles. The Morgan fingerprint density at radius 3 is 2.83 bits per heavy atom. The number of rotatable bonds is 4. The summed E-state index contributed by atoms with van der Waals surface area (Å²) in [7, 11) is 1.72. The third-order valence-corrected chi connectivity index (χ3v) is 5.82. The minimum absolute atomic E-state index is 0.000854. The van der Waals surface area contributed by atoms with Crippen LogP contribution in [0.25, 0.3) is 0 Å². The van der Waals surface area contributed by atoms with Gasteiger partial charge in [0.1, 0.15) is 4.88 Å². The highest BCUT2D eigenvalue weighted by atomic mass is 32.1. The number of nitrogens with zero attached hydrogens (tertiary/aromatic N) is 1. The molecule has 2 aliphatic rings. The van der Waals surface area contributed by atoms with Crippen molar-refractivity contribution in [2.45, 2.75) is 31.4 Å². The van der Waals surface area contributed by atoms with Crippen LogP contribution in [0, 0.1) is 5.92 Å². The van der Waals surface area contributed by atoms with Gasteiger partial charge in [-0.2, -0.15) is 0 Å². The van der Waals surface area contributed by atoms with E-state index in [1.54, 1.807) is 13.2 Å². The van der Waals surface area contributed by atoms with Crippen LogP contribution < -0.4 is 0 Å². The molecule has 1 aromatic rings. The van der Waals surface area contributed by atoms with Crippen molar-refractivity contribution in [3.8, 4) is 0 Å². The van der Waals surface area contributed by atoms with E-state index in [1.165, 1.54) is 6.07 Å². The van der Waals surface area contributed by atoms with Crippen LogP contribution in [0.3, 0.4) is 0 Å². The molecule has 3 atom stereocenters. The predicted molar refractivity (Wildman–Crippen MR) is 85.1 cm³/mol. The van der Waals surface area contributed by atoms with Crippen LogP contribution in [0.2, 0.25) is 0 Å². The van der Waals surface area contributed by atoms with Crippen LogP contribution in [0.1, 0.15) is 38.6 Å². The first kappa shape index (κ1) is 16.4. The van der Waals surface area contributed by atoms with Gasteiger partial charge in [-0.3, -0.25) is 4.79 Å². The van der Waals surface area contributed by atoms with Gasteiger partial charge in [0.05, 0.1) is 30.2 Å². The van der Waals surface area contributed by atoms with E-state index in [2.05, 4.69) is 0 Å². The number of carboxylic acids is 1. The zero-order valence-electron chi connectivity index (χ0n) is 13.1. The minimum atomic E-state index is -0.997. The highest BCUT2D eigenvalue weighted by Gasteiger charge is 2.40. The van der Waals surface area contributed by atoms with Gasteiger partial charge in [-0.1, -0.05) is 6.42 Å². The van der Waals surface area contributed by atoms with Crippen molar-refractivity contribution in [2.75, 3.05) is 26.9 Å².